The van der Waals surface area contributed by atoms with Gasteiger partial charge in [-0.2, -0.15) is 0 Å². The van der Waals surface area contributed by atoms with E-state index in [-0.39, 0.29) is 5.41 Å². The number of aryl methyl sites for hydroxylation is 2. The lowest BCUT2D eigenvalue weighted by Crippen LogP contribution is -2.14. The molecule has 1 nitrogen and oxygen atoms in total. The fourth-order valence-corrected chi connectivity index (χ4v) is 3.60. The highest BCUT2D eigenvalue weighted by Crippen LogP contribution is 2.29. The molecule has 0 amide bonds. The largest absolute Gasteiger partial charge is 0.300 e. The fraction of sp³-hybridized carbons (Fsp3) is 0.720. The Labute approximate surface area is 163 Å². The van der Waals surface area contributed by atoms with E-state index in [4.69, 9.17) is 0 Å². The van der Waals surface area contributed by atoms with E-state index in [0.717, 1.165) is 19.3 Å². The Hall–Kier alpha value is -1.11. The summed E-state index contributed by atoms with van der Waals surface area (Å²) in [6, 6.07) is 4.59. The smallest absolute Gasteiger partial charge is 0.133 e. The monoisotopic (exact) mass is 358 g/mol. The Morgan fingerprint density at radius 1 is 0.846 bits per heavy atom. The molecular formula is C25H42O. The first kappa shape index (κ1) is 22.9. The summed E-state index contributed by atoms with van der Waals surface area (Å²) < 4.78 is 0. The van der Waals surface area contributed by atoms with Crippen molar-refractivity contribution in [3.63, 3.8) is 0 Å². The van der Waals surface area contributed by atoms with Crippen molar-refractivity contribution < 1.29 is 4.79 Å². The molecule has 1 aromatic carbocycles. The van der Waals surface area contributed by atoms with Gasteiger partial charge in [-0.15, -0.1) is 0 Å². The topological polar surface area (TPSA) is 17.1 Å². The molecule has 1 heteroatoms. The summed E-state index contributed by atoms with van der Waals surface area (Å²) >= 11 is 0. The summed E-state index contributed by atoms with van der Waals surface area (Å²) in [5, 5.41) is 0. The van der Waals surface area contributed by atoms with Gasteiger partial charge in [-0.1, -0.05) is 72.9 Å². The highest BCUT2D eigenvalue weighted by atomic mass is 16.1. The third kappa shape index (κ3) is 8.52. The molecule has 0 aliphatic heterocycles. The zero-order valence-corrected chi connectivity index (χ0v) is 18.7. The summed E-state index contributed by atoms with van der Waals surface area (Å²) in [4.78, 5) is 12.2. The minimum Gasteiger partial charge on any atom is -0.300 e. The molecule has 0 aliphatic carbocycles. The average Bonchev–Trinajstić information content (AvgIpc) is 2.49. The number of carbonyl (C=O) groups is 1. The zero-order valence-electron chi connectivity index (χ0n) is 18.7. The van der Waals surface area contributed by atoms with Crippen molar-refractivity contribution in [2.24, 2.45) is 5.41 Å². The Kier molecular flexibility index (Phi) is 8.57. The molecule has 0 aromatic heterocycles. The van der Waals surface area contributed by atoms with E-state index < -0.39 is 0 Å². The zero-order chi connectivity index (χ0) is 20.0. The number of Topliss-reactive ketones (excluding diaryl/α,β-unsaturated/α-hetero) is 1. The predicted molar refractivity (Wildman–Crippen MR) is 115 cm³/mol. The van der Waals surface area contributed by atoms with Gasteiger partial charge in [0.05, 0.1) is 0 Å². The van der Waals surface area contributed by atoms with Crippen LogP contribution >= 0.6 is 0 Å². The van der Waals surface area contributed by atoms with Crippen LogP contribution in [-0.2, 0) is 16.6 Å². The molecule has 26 heavy (non-hydrogen) atoms. The Morgan fingerprint density at radius 2 is 1.46 bits per heavy atom. The van der Waals surface area contributed by atoms with Crippen molar-refractivity contribution in [3.05, 3.63) is 34.4 Å². The Morgan fingerprint density at radius 3 is 2.04 bits per heavy atom. The molecule has 0 heterocycles. The minimum absolute atomic E-state index is 0.155. The summed E-state index contributed by atoms with van der Waals surface area (Å²) in [7, 11) is 0. The molecule has 0 bridgehead atoms. The van der Waals surface area contributed by atoms with Crippen LogP contribution in [0, 0.1) is 19.3 Å². The number of ketones is 1. The first-order valence-corrected chi connectivity index (χ1v) is 10.5. The number of hydrogen-bond donors (Lipinski definition) is 0. The normalized spacial score (nSPS) is 12.5. The Bertz CT molecular complexity index is 581. The van der Waals surface area contributed by atoms with Crippen molar-refractivity contribution >= 4 is 5.78 Å². The van der Waals surface area contributed by atoms with Gasteiger partial charge in [0.15, 0.2) is 0 Å². The Balaban J connectivity index is 2.40. The van der Waals surface area contributed by atoms with Gasteiger partial charge in [-0.05, 0) is 66.2 Å². The molecule has 0 aliphatic rings. The lowest BCUT2D eigenvalue weighted by atomic mass is 9.81. The van der Waals surface area contributed by atoms with Gasteiger partial charge in [0.2, 0.25) is 0 Å². The van der Waals surface area contributed by atoms with Gasteiger partial charge in [-0.3, -0.25) is 4.79 Å². The van der Waals surface area contributed by atoms with Crippen LogP contribution in [0.5, 0.6) is 0 Å². The second kappa shape index (κ2) is 9.72. The third-order valence-corrected chi connectivity index (χ3v) is 5.36. The maximum atomic E-state index is 12.2. The van der Waals surface area contributed by atoms with Crippen LogP contribution in [0.4, 0.5) is 0 Å². The van der Waals surface area contributed by atoms with Crippen molar-refractivity contribution in [1.82, 2.24) is 0 Å². The van der Waals surface area contributed by atoms with Crippen molar-refractivity contribution in [2.45, 2.75) is 112 Å². The van der Waals surface area contributed by atoms with Crippen molar-refractivity contribution in [1.29, 1.82) is 0 Å². The van der Waals surface area contributed by atoms with Gasteiger partial charge in [0, 0.05) is 12.8 Å². The maximum Gasteiger partial charge on any atom is 0.133 e. The second-order valence-electron chi connectivity index (χ2n) is 10.3. The standard InChI is InChI=1S/C25H42O/c1-19-17-21(18-23(20(19)2)25(6,7)8)14-15-22(26)13-11-9-10-12-16-24(3,4)5/h17-18H,9-16H2,1-8H3. The van der Waals surface area contributed by atoms with E-state index >= 15 is 0 Å². The first-order valence-electron chi connectivity index (χ1n) is 10.5. The maximum absolute atomic E-state index is 12.2. The highest BCUT2D eigenvalue weighted by molar-refractivity contribution is 5.78. The van der Waals surface area contributed by atoms with Crippen LogP contribution in [0.1, 0.15) is 109 Å². The molecule has 0 unspecified atom stereocenters. The number of rotatable bonds is 9. The summed E-state index contributed by atoms with van der Waals surface area (Å²) in [6.45, 7) is 18.1. The van der Waals surface area contributed by atoms with Crippen LogP contribution in [0.3, 0.4) is 0 Å². The number of unbranched alkanes of at least 4 members (excludes halogenated alkanes) is 3. The summed E-state index contributed by atoms with van der Waals surface area (Å²) in [6.07, 6.45) is 8.41. The molecule has 0 radical (unpaired) electrons. The first-order chi connectivity index (χ1) is 11.9. The van der Waals surface area contributed by atoms with Gasteiger partial charge < -0.3 is 0 Å². The van der Waals surface area contributed by atoms with Gasteiger partial charge in [0.25, 0.3) is 0 Å². The van der Waals surface area contributed by atoms with Crippen molar-refractivity contribution in [2.75, 3.05) is 0 Å². The van der Waals surface area contributed by atoms with Crippen molar-refractivity contribution in [3.8, 4) is 0 Å². The fourth-order valence-electron chi connectivity index (χ4n) is 3.60. The molecule has 148 valence electrons. The van der Waals surface area contributed by atoms with Crippen LogP contribution in [0.25, 0.3) is 0 Å². The van der Waals surface area contributed by atoms with E-state index in [1.807, 2.05) is 0 Å². The number of benzene rings is 1. The quantitative estimate of drug-likeness (QED) is 0.418. The molecule has 0 spiro atoms. The van der Waals surface area contributed by atoms with E-state index in [9.17, 15) is 4.79 Å². The molecule has 0 saturated heterocycles. The molecule has 0 N–H and O–H groups in total. The molecule has 1 aromatic rings. The van der Waals surface area contributed by atoms with E-state index in [2.05, 4.69) is 67.5 Å². The van der Waals surface area contributed by atoms with E-state index in [1.165, 1.54) is 47.9 Å². The summed E-state index contributed by atoms with van der Waals surface area (Å²) in [5.41, 5.74) is 6.06. The van der Waals surface area contributed by atoms with Crippen LogP contribution in [-0.4, -0.2) is 5.78 Å². The number of carbonyl (C=O) groups excluding carboxylic acids is 1. The lowest BCUT2D eigenvalue weighted by molar-refractivity contribution is -0.119. The highest BCUT2D eigenvalue weighted by Gasteiger charge is 2.18. The van der Waals surface area contributed by atoms with Crippen LogP contribution in [0.15, 0.2) is 12.1 Å². The van der Waals surface area contributed by atoms with Gasteiger partial charge in [0.1, 0.15) is 5.78 Å². The third-order valence-electron chi connectivity index (χ3n) is 5.36. The molecule has 0 saturated carbocycles. The van der Waals surface area contributed by atoms with Crippen LogP contribution in [0.2, 0.25) is 0 Å². The molecule has 0 atom stereocenters. The SMILES string of the molecule is Cc1cc(CCC(=O)CCCCCCC(C)(C)C)cc(C(C)(C)C)c1C. The minimum atomic E-state index is 0.155. The molecule has 1 rings (SSSR count). The molecular weight excluding hydrogens is 316 g/mol. The van der Waals surface area contributed by atoms with E-state index in [1.54, 1.807) is 0 Å². The average molecular weight is 359 g/mol. The van der Waals surface area contributed by atoms with E-state index in [0.29, 0.717) is 17.6 Å². The van der Waals surface area contributed by atoms with Gasteiger partial charge in [-0.25, -0.2) is 0 Å². The van der Waals surface area contributed by atoms with Gasteiger partial charge >= 0.3 is 0 Å². The number of hydrogen-bond acceptors (Lipinski definition) is 1. The second-order valence-corrected chi connectivity index (χ2v) is 10.3. The summed E-state index contributed by atoms with van der Waals surface area (Å²) in [5.74, 6) is 0.427. The van der Waals surface area contributed by atoms with Crippen LogP contribution < -0.4 is 0 Å². The lowest BCUT2D eigenvalue weighted by Gasteiger charge is -2.24. The molecule has 0 fully saturated rings. The predicted octanol–water partition coefficient (Wildman–Crippen LogP) is 7.49.